The lowest BCUT2D eigenvalue weighted by molar-refractivity contribution is -0.141. The van der Waals surface area contributed by atoms with Crippen LogP contribution in [-0.4, -0.2) is 39.3 Å². The van der Waals surface area contributed by atoms with E-state index in [1.807, 2.05) is 11.8 Å². The zero-order chi connectivity index (χ0) is 13.7. The molecule has 18 heavy (non-hydrogen) atoms. The number of phenols is 2. The van der Waals surface area contributed by atoms with Gasteiger partial charge in [0.25, 0.3) is 0 Å². The maximum atomic E-state index is 10.8. The molecule has 0 amide bonds. The standard InChI is InChI=1S/C13H19NO4/c1-3-14(7-9(2)13(17)18)8-10-4-5-11(15)12(16)6-10/h4-6,9,15-16H,3,7-8H2,1-2H3,(H,17,18). The molecule has 100 valence electrons. The Kier molecular flexibility index (Phi) is 4.97. The molecule has 0 fully saturated rings. The van der Waals surface area contributed by atoms with Gasteiger partial charge in [0.05, 0.1) is 5.92 Å². The van der Waals surface area contributed by atoms with Crippen LogP contribution >= 0.6 is 0 Å². The predicted molar refractivity (Wildman–Crippen MR) is 67.5 cm³/mol. The van der Waals surface area contributed by atoms with Gasteiger partial charge in [-0.25, -0.2) is 0 Å². The minimum absolute atomic E-state index is 0.152. The first-order chi connectivity index (χ1) is 8.43. The molecule has 0 saturated carbocycles. The number of carboxylic acids is 1. The molecular weight excluding hydrogens is 234 g/mol. The molecule has 1 unspecified atom stereocenters. The highest BCUT2D eigenvalue weighted by Crippen LogP contribution is 2.25. The zero-order valence-electron chi connectivity index (χ0n) is 10.6. The van der Waals surface area contributed by atoms with Crippen molar-refractivity contribution in [2.24, 2.45) is 5.92 Å². The van der Waals surface area contributed by atoms with Gasteiger partial charge in [-0.2, -0.15) is 0 Å². The highest BCUT2D eigenvalue weighted by atomic mass is 16.4. The van der Waals surface area contributed by atoms with E-state index in [4.69, 9.17) is 5.11 Å². The number of benzene rings is 1. The largest absolute Gasteiger partial charge is 0.504 e. The number of aliphatic carboxylic acids is 1. The SMILES string of the molecule is CCN(Cc1ccc(O)c(O)c1)CC(C)C(=O)O. The van der Waals surface area contributed by atoms with E-state index in [0.29, 0.717) is 13.1 Å². The van der Waals surface area contributed by atoms with Crippen molar-refractivity contribution < 1.29 is 20.1 Å². The predicted octanol–water partition coefficient (Wildman–Crippen LogP) is 1.64. The highest BCUT2D eigenvalue weighted by Gasteiger charge is 2.15. The topological polar surface area (TPSA) is 81.0 Å². The Morgan fingerprint density at radius 3 is 2.50 bits per heavy atom. The van der Waals surface area contributed by atoms with Gasteiger partial charge in [-0.05, 0) is 24.2 Å². The van der Waals surface area contributed by atoms with Gasteiger partial charge in [0.2, 0.25) is 0 Å². The lowest BCUT2D eigenvalue weighted by atomic mass is 10.1. The van der Waals surface area contributed by atoms with E-state index < -0.39 is 11.9 Å². The summed E-state index contributed by atoms with van der Waals surface area (Å²) < 4.78 is 0. The number of nitrogens with zero attached hydrogens (tertiary/aromatic N) is 1. The molecule has 0 saturated heterocycles. The fourth-order valence-corrected chi connectivity index (χ4v) is 1.70. The van der Waals surface area contributed by atoms with Crippen LogP contribution in [0.3, 0.4) is 0 Å². The number of carbonyl (C=O) groups is 1. The van der Waals surface area contributed by atoms with Crippen molar-refractivity contribution in [2.75, 3.05) is 13.1 Å². The summed E-state index contributed by atoms with van der Waals surface area (Å²) in [5, 5.41) is 27.5. The lowest BCUT2D eigenvalue weighted by Gasteiger charge is -2.22. The molecule has 0 heterocycles. The van der Waals surface area contributed by atoms with Crippen LogP contribution in [0, 0.1) is 5.92 Å². The first-order valence-electron chi connectivity index (χ1n) is 5.90. The van der Waals surface area contributed by atoms with Gasteiger partial charge in [0.15, 0.2) is 11.5 Å². The Balaban J connectivity index is 2.67. The van der Waals surface area contributed by atoms with E-state index in [0.717, 1.165) is 12.1 Å². The molecular formula is C13H19NO4. The molecule has 0 bridgehead atoms. The van der Waals surface area contributed by atoms with Crippen LogP contribution in [0.15, 0.2) is 18.2 Å². The van der Waals surface area contributed by atoms with E-state index in [2.05, 4.69) is 0 Å². The first kappa shape index (κ1) is 14.3. The molecule has 5 heteroatoms. The second kappa shape index (κ2) is 6.26. The van der Waals surface area contributed by atoms with Crippen LogP contribution < -0.4 is 0 Å². The highest BCUT2D eigenvalue weighted by molar-refractivity contribution is 5.69. The number of hydrogen-bond acceptors (Lipinski definition) is 4. The summed E-state index contributed by atoms with van der Waals surface area (Å²) in [7, 11) is 0. The molecule has 1 atom stereocenters. The third-order valence-electron chi connectivity index (χ3n) is 2.85. The van der Waals surface area contributed by atoms with E-state index in [1.165, 1.54) is 12.1 Å². The van der Waals surface area contributed by atoms with Crippen molar-refractivity contribution in [2.45, 2.75) is 20.4 Å². The Bertz CT molecular complexity index is 419. The smallest absolute Gasteiger partial charge is 0.307 e. The number of phenolic OH excluding ortho intramolecular Hbond substituents is 2. The molecule has 1 aromatic rings. The molecule has 0 radical (unpaired) electrons. The summed E-state index contributed by atoms with van der Waals surface area (Å²) in [5.41, 5.74) is 0.838. The molecule has 0 aliphatic rings. The third-order valence-corrected chi connectivity index (χ3v) is 2.85. The van der Waals surface area contributed by atoms with Crippen molar-refractivity contribution in [3.63, 3.8) is 0 Å². The Labute approximate surface area is 106 Å². The van der Waals surface area contributed by atoms with E-state index in [1.54, 1.807) is 13.0 Å². The van der Waals surface area contributed by atoms with E-state index in [-0.39, 0.29) is 11.5 Å². The van der Waals surface area contributed by atoms with Crippen LogP contribution in [-0.2, 0) is 11.3 Å². The van der Waals surface area contributed by atoms with Gasteiger partial charge in [0.1, 0.15) is 0 Å². The number of carboxylic acid groups (broad SMARTS) is 1. The summed E-state index contributed by atoms with van der Waals surface area (Å²) in [6, 6.07) is 4.63. The van der Waals surface area contributed by atoms with E-state index in [9.17, 15) is 15.0 Å². The van der Waals surface area contributed by atoms with Crippen molar-refractivity contribution in [1.82, 2.24) is 4.90 Å². The lowest BCUT2D eigenvalue weighted by Crippen LogP contribution is -2.31. The van der Waals surface area contributed by atoms with Gasteiger partial charge >= 0.3 is 5.97 Å². The molecule has 0 spiro atoms. The van der Waals surface area contributed by atoms with Gasteiger partial charge in [-0.15, -0.1) is 0 Å². The summed E-state index contributed by atoms with van der Waals surface area (Å²) in [4.78, 5) is 12.8. The zero-order valence-corrected chi connectivity index (χ0v) is 10.6. The van der Waals surface area contributed by atoms with Crippen LogP contribution in [0.1, 0.15) is 19.4 Å². The van der Waals surface area contributed by atoms with Crippen molar-refractivity contribution in [1.29, 1.82) is 0 Å². The maximum absolute atomic E-state index is 10.8. The first-order valence-corrected chi connectivity index (χ1v) is 5.90. The minimum atomic E-state index is -0.818. The maximum Gasteiger partial charge on any atom is 0.307 e. The molecule has 0 aliphatic heterocycles. The molecule has 5 nitrogen and oxygen atoms in total. The van der Waals surface area contributed by atoms with Crippen molar-refractivity contribution in [3.8, 4) is 11.5 Å². The van der Waals surface area contributed by atoms with Gasteiger partial charge in [0, 0.05) is 13.1 Å². The molecule has 0 aromatic heterocycles. The third kappa shape index (κ3) is 3.92. The molecule has 3 N–H and O–H groups in total. The second-order valence-electron chi connectivity index (χ2n) is 4.39. The Hall–Kier alpha value is -1.75. The number of rotatable bonds is 6. The molecule has 1 rings (SSSR count). The van der Waals surface area contributed by atoms with Gasteiger partial charge in [-0.3, -0.25) is 9.69 Å². The Morgan fingerprint density at radius 2 is 2.00 bits per heavy atom. The molecule has 1 aromatic carbocycles. The van der Waals surface area contributed by atoms with Crippen LogP contribution in [0.2, 0.25) is 0 Å². The van der Waals surface area contributed by atoms with Crippen LogP contribution in [0.25, 0.3) is 0 Å². The summed E-state index contributed by atoms with van der Waals surface area (Å²) in [5.74, 6) is -1.56. The summed E-state index contributed by atoms with van der Waals surface area (Å²) in [6.07, 6.45) is 0. The van der Waals surface area contributed by atoms with Crippen molar-refractivity contribution in [3.05, 3.63) is 23.8 Å². The summed E-state index contributed by atoms with van der Waals surface area (Å²) >= 11 is 0. The van der Waals surface area contributed by atoms with Crippen LogP contribution in [0.5, 0.6) is 11.5 Å². The fourth-order valence-electron chi connectivity index (χ4n) is 1.70. The quantitative estimate of drug-likeness (QED) is 0.671. The molecule has 0 aliphatic carbocycles. The average molecular weight is 253 g/mol. The van der Waals surface area contributed by atoms with Crippen LogP contribution in [0.4, 0.5) is 0 Å². The normalized spacial score (nSPS) is 12.6. The van der Waals surface area contributed by atoms with E-state index >= 15 is 0 Å². The second-order valence-corrected chi connectivity index (χ2v) is 4.39. The van der Waals surface area contributed by atoms with Crippen molar-refractivity contribution >= 4 is 5.97 Å². The monoisotopic (exact) mass is 253 g/mol. The fraction of sp³-hybridized carbons (Fsp3) is 0.462. The number of hydrogen-bond donors (Lipinski definition) is 3. The van der Waals surface area contributed by atoms with Gasteiger partial charge < -0.3 is 15.3 Å². The number of aromatic hydroxyl groups is 2. The average Bonchev–Trinajstić information content (AvgIpc) is 2.32. The minimum Gasteiger partial charge on any atom is -0.504 e. The Morgan fingerprint density at radius 1 is 1.33 bits per heavy atom. The van der Waals surface area contributed by atoms with Gasteiger partial charge in [-0.1, -0.05) is 19.9 Å². The summed E-state index contributed by atoms with van der Waals surface area (Å²) in [6.45, 7) is 5.34.